The molecule has 3 N–H and O–H groups in total. The van der Waals surface area contributed by atoms with Gasteiger partial charge in [0.05, 0.1) is 15.7 Å². The van der Waals surface area contributed by atoms with Gasteiger partial charge in [0.2, 0.25) is 5.91 Å². The number of amides is 1. The van der Waals surface area contributed by atoms with E-state index >= 15 is 0 Å². The van der Waals surface area contributed by atoms with Gasteiger partial charge >= 0.3 is 0 Å². The van der Waals surface area contributed by atoms with Crippen LogP contribution >= 0.6 is 34.8 Å². The highest BCUT2D eigenvalue weighted by Gasteiger charge is 2.07. The summed E-state index contributed by atoms with van der Waals surface area (Å²) < 4.78 is 0. The van der Waals surface area contributed by atoms with Gasteiger partial charge in [-0.05, 0) is 12.1 Å². The molecule has 0 radical (unpaired) electrons. The van der Waals surface area contributed by atoms with Gasteiger partial charge in [-0.25, -0.2) is 0 Å². The number of carbonyl (C=O) groups is 1. The average Bonchev–Trinajstić information content (AvgIpc) is 2.08. The summed E-state index contributed by atoms with van der Waals surface area (Å²) in [6.45, 7) is 0.385. The SMILES string of the molecule is NC(=O)CCNc1c(Cl)cc(Cl)cc1Cl. The van der Waals surface area contributed by atoms with E-state index < -0.39 is 0 Å². The van der Waals surface area contributed by atoms with E-state index in [1.165, 1.54) is 0 Å². The number of benzene rings is 1. The number of rotatable bonds is 4. The highest BCUT2D eigenvalue weighted by Crippen LogP contribution is 2.33. The van der Waals surface area contributed by atoms with Crippen LogP contribution in [0.3, 0.4) is 0 Å². The maximum Gasteiger partial charge on any atom is 0.219 e. The zero-order chi connectivity index (χ0) is 11.4. The van der Waals surface area contributed by atoms with Crippen LogP contribution in [0.5, 0.6) is 0 Å². The molecule has 0 aliphatic rings. The Balaban J connectivity index is 2.72. The second kappa shape index (κ2) is 5.45. The first kappa shape index (κ1) is 12.4. The fourth-order valence-corrected chi connectivity index (χ4v) is 1.97. The van der Waals surface area contributed by atoms with Gasteiger partial charge in [0.1, 0.15) is 0 Å². The summed E-state index contributed by atoms with van der Waals surface area (Å²) in [4.78, 5) is 10.5. The molecule has 15 heavy (non-hydrogen) atoms. The third-order valence-electron chi connectivity index (χ3n) is 1.68. The van der Waals surface area contributed by atoms with Crippen LogP contribution < -0.4 is 11.1 Å². The second-order valence-electron chi connectivity index (χ2n) is 2.89. The van der Waals surface area contributed by atoms with Gasteiger partial charge in [0.25, 0.3) is 0 Å². The van der Waals surface area contributed by atoms with E-state index in [2.05, 4.69) is 5.32 Å². The average molecular weight is 268 g/mol. The highest BCUT2D eigenvalue weighted by atomic mass is 35.5. The van der Waals surface area contributed by atoms with E-state index in [0.29, 0.717) is 27.3 Å². The Labute approximate surface area is 102 Å². The van der Waals surface area contributed by atoms with E-state index in [1.54, 1.807) is 12.1 Å². The molecule has 1 aromatic carbocycles. The summed E-state index contributed by atoms with van der Waals surface area (Å²) in [6, 6.07) is 3.14. The van der Waals surface area contributed by atoms with Gasteiger partial charge in [-0.15, -0.1) is 0 Å². The Morgan fingerprint density at radius 2 is 1.80 bits per heavy atom. The molecule has 0 saturated heterocycles. The van der Waals surface area contributed by atoms with Crippen molar-refractivity contribution in [3.63, 3.8) is 0 Å². The van der Waals surface area contributed by atoms with Crippen LogP contribution in [0.2, 0.25) is 15.1 Å². The van der Waals surface area contributed by atoms with Gasteiger partial charge in [-0.3, -0.25) is 4.79 Å². The standard InChI is InChI=1S/C9H9Cl3N2O/c10-5-3-6(11)9(7(12)4-5)14-2-1-8(13)15/h3-4,14H,1-2H2,(H2,13,15). The molecule has 1 rings (SSSR count). The monoisotopic (exact) mass is 266 g/mol. The van der Waals surface area contributed by atoms with E-state index in [9.17, 15) is 4.79 Å². The number of hydrogen-bond acceptors (Lipinski definition) is 2. The molecule has 0 aromatic heterocycles. The van der Waals surface area contributed by atoms with Crippen molar-refractivity contribution >= 4 is 46.4 Å². The molecule has 0 aliphatic carbocycles. The zero-order valence-corrected chi connectivity index (χ0v) is 9.96. The summed E-state index contributed by atoms with van der Waals surface area (Å²) in [5, 5.41) is 4.21. The van der Waals surface area contributed by atoms with Crippen LogP contribution in [0, 0.1) is 0 Å². The van der Waals surface area contributed by atoms with E-state index in [1.807, 2.05) is 0 Å². The Bertz CT molecular complexity index is 359. The van der Waals surface area contributed by atoms with Crippen LogP contribution in [0.15, 0.2) is 12.1 Å². The molecule has 0 saturated carbocycles. The number of nitrogens with two attached hydrogens (primary N) is 1. The van der Waals surface area contributed by atoms with E-state index in [-0.39, 0.29) is 12.3 Å². The van der Waals surface area contributed by atoms with Crippen LogP contribution in [0.1, 0.15) is 6.42 Å². The van der Waals surface area contributed by atoms with Crippen LogP contribution in [-0.2, 0) is 4.79 Å². The van der Waals surface area contributed by atoms with E-state index in [4.69, 9.17) is 40.5 Å². The molecule has 82 valence electrons. The van der Waals surface area contributed by atoms with Crippen molar-refractivity contribution in [1.82, 2.24) is 0 Å². The number of halogens is 3. The summed E-state index contributed by atoms with van der Waals surface area (Å²) in [7, 11) is 0. The summed E-state index contributed by atoms with van der Waals surface area (Å²) >= 11 is 17.5. The number of primary amides is 1. The molecule has 0 spiro atoms. The third-order valence-corrected chi connectivity index (χ3v) is 2.49. The molecule has 1 aromatic rings. The smallest absolute Gasteiger partial charge is 0.219 e. The van der Waals surface area contributed by atoms with Crippen LogP contribution in [-0.4, -0.2) is 12.5 Å². The number of carbonyl (C=O) groups excluding carboxylic acids is 1. The first-order valence-electron chi connectivity index (χ1n) is 4.17. The van der Waals surface area contributed by atoms with Crippen molar-refractivity contribution < 1.29 is 4.79 Å². The normalized spacial score (nSPS) is 10.1. The largest absolute Gasteiger partial charge is 0.382 e. The molecule has 0 bridgehead atoms. The van der Waals surface area contributed by atoms with Gasteiger partial charge in [0, 0.05) is 18.0 Å². The van der Waals surface area contributed by atoms with Gasteiger partial charge < -0.3 is 11.1 Å². The Morgan fingerprint density at radius 3 is 2.27 bits per heavy atom. The molecule has 0 fully saturated rings. The summed E-state index contributed by atoms with van der Waals surface area (Å²) in [6.07, 6.45) is 0.218. The molecule has 6 heteroatoms. The fourth-order valence-electron chi connectivity index (χ4n) is 1.02. The molecule has 1 amide bonds. The van der Waals surface area contributed by atoms with Gasteiger partial charge in [-0.2, -0.15) is 0 Å². The third kappa shape index (κ3) is 3.78. The lowest BCUT2D eigenvalue weighted by Crippen LogP contribution is -2.16. The fraction of sp³-hybridized carbons (Fsp3) is 0.222. The quantitative estimate of drug-likeness (QED) is 0.881. The molecular formula is C9H9Cl3N2O. The number of nitrogens with one attached hydrogen (secondary N) is 1. The minimum atomic E-state index is -0.385. The van der Waals surface area contributed by atoms with E-state index in [0.717, 1.165) is 0 Å². The first-order chi connectivity index (χ1) is 7.00. The highest BCUT2D eigenvalue weighted by molar-refractivity contribution is 6.41. The molecular weight excluding hydrogens is 258 g/mol. The molecule has 0 heterocycles. The Morgan fingerprint density at radius 1 is 1.27 bits per heavy atom. The lowest BCUT2D eigenvalue weighted by Gasteiger charge is -2.09. The van der Waals surface area contributed by atoms with Crippen molar-refractivity contribution in [1.29, 1.82) is 0 Å². The lowest BCUT2D eigenvalue weighted by atomic mass is 10.3. The molecule has 3 nitrogen and oxygen atoms in total. The first-order valence-corrected chi connectivity index (χ1v) is 5.31. The summed E-state index contributed by atoms with van der Waals surface area (Å²) in [5.74, 6) is -0.385. The maximum atomic E-state index is 10.5. The predicted octanol–water partition coefficient (Wildman–Crippen LogP) is 2.93. The van der Waals surface area contributed by atoms with Crippen molar-refractivity contribution in [2.75, 3.05) is 11.9 Å². The minimum Gasteiger partial charge on any atom is -0.382 e. The number of anilines is 1. The molecule has 0 unspecified atom stereocenters. The lowest BCUT2D eigenvalue weighted by molar-refractivity contribution is -0.117. The second-order valence-corrected chi connectivity index (χ2v) is 4.14. The molecule has 0 aliphatic heterocycles. The zero-order valence-electron chi connectivity index (χ0n) is 7.69. The molecule has 0 atom stereocenters. The van der Waals surface area contributed by atoms with Crippen LogP contribution in [0.25, 0.3) is 0 Å². The Kier molecular flexibility index (Phi) is 4.51. The van der Waals surface area contributed by atoms with Crippen molar-refractivity contribution in [3.05, 3.63) is 27.2 Å². The van der Waals surface area contributed by atoms with Crippen LogP contribution in [0.4, 0.5) is 5.69 Å². The Hall–Kier alpha value is -0.640. The maximum absolute atomic E-state index is 10.5. The predicted molar refractivity (Wildman–Crippen MR) is 63.8 cm³/mol. The topological polar surface area (TPSA) is 55.1 Å². The van der Waals surface area contributed by atoms with Gasteiger partial charge in [0.15, 0.2) is 0 Å². The summed E-state index contributed by atoms with van der Waals surface area (Å²) in [5.41, 5.74) is 5.55. The number of hydrogen-bond donors (Lipinski definition) is 2. The minimum absolute atomic E-state index is 0.218. The van der Waals surface area contributed by atoms with Crippen molar-refractivity contribution in [3.8, 4) is 0 Å². The van der Waals surface area contributed by atoms with Crippen molar-refractivity contribution in [2.24, 2.45) is 5.73 Å². The van der Waals surface area contributed by atoms with Crippen molar-refractivity contribution in [2.45, 2.75) is 6.42 Å². The van der Waals surface area contributed by atoms with Gasteiger partial charge in [-0.1, -0.05) is 34.8 Å².